The van der Waals surface area contributed by atoms with Gasteiger partial charge in [-0.3, -0.25) is 14.2 Å². The number of thioether (sulfide) groups is 1. The monoisotopic (exact) mass is 499 g/mol. The van der Waals surface area contributed by atoms with E-state index < -0.39 is 5.25 Å². The Kier molecular flexibility index (Phi) is 7.20. The highest BCUT2D eigenvalue weighted by Crippen LogP contribution is 2.36. The lowest BCUT2D eigenvalue weighted by Gasteiger charge is -2.21. The highest BCUT2D eigenvalue weighted by atomic mass is 32.2. The maximum absolute atomic E-state index is 13.7. The molecule has 4 aromatic rings. The van der Waals surface area contributed by atoms with E-state index >= 15 is 0 Å². The van der Waals surface area contributed by atoms with Gasteiger partial charge in [0.15, 0.2) is 5.16 Å². The zero-order chi connectivity index (χ0) is 25.1. The number of ether oxygens (including phenoxy) is 1. The van der Waals surface area contributed by atoms with Crippen molar-refractivity contribution in [2.75, 3.05) is 11.9 Å². The highest BCUT2D eigenvalue weighted by molar-refractivity contribution is 8.00. The lowest BCUT2D eigenvalue weighted by molar-refractivity contribution is -0.115. The Balaban J connectivity index is 1.55. The molecule has 2 atom stereocenters. The lowest BCUT2D eigenvalue weighted by Crippen LogP contribution is -2.29. The molecule has 1 amide bonds. The first-order chi connectivity index (χ1) is 17.5. The molecule has 3 aromatic carbocycles. The molecule has 0 spiro atoms. The van der Waals surface area contributed by atoms with Gasteiger partial charge in [0.05, 0.1) is 23.6 Å². The maximum atomic E-state index is 13.7. The Morgan fingerprint density at radius 1 is 1.08 bits per heavy atom. The molecule has 0 bridgehead atoms. The van der Waals surface area contributed by atoms with Crippen molar-refractivity contribution in [3.63, 3.8) is 0 Å². The van der Waals surface area contributed by atoms with E-state index in [4.69, 9.17) is 9.72 Å². The number of carbonyl (C=O) groups is 1. The van der Waals surface area contributed by atoms with Crippen LogP contribution in [-0.2, 0) is 16.1 Å². The molecule has 1 aliphatic rings. The van der Waals surface area contributed by atoms with Crippen molar-refractivity contribution in [3.8, 4) is 0 Å². The van der Waals surface area contributed by atoms with Crippen molar-refractivity contribution in [3.05, 3.63) is 99.8 Å². The average Bonchev–Trinajstić information content (AvgIpc) is 3.38. The van der Waals surface area contributed by atoms with Crippen LogP contribution in [-0.4, -0.2) is 28.2 Å². The minimum atomic E-state index is -0.601. The number of hydrogen-bond acceptors (Lipinski definition) is 5. The predicted molar refractivity (Wildman–Crippen MR) is 145 cm³/mol. The summed E-state index contributed by atoms with van der Waals surface area (Å²) in [5.74, 6) is -0.165. The molecule has 0 aliphatic carbocycles. The second-order valence-electron chi connectivity index (χ2n) is 9.24. The van der Waals surface area contributed by atoms with E-state index in [0.29, 0.717) is 29.2 Å². The SMILES string of the molecule is Cc1cc(C)cc(NC(=O)C(Sc2nc3ccccc3c(=O)n2CC2CCCO2)c2ccccc2)c1. The van der Waals surface area contributed by atoms with Crippen LogP contribution in [0.3, 0.4) is 0 Å². The minimum Gasteiger partial charge on any atom is -0.376 e. The van der Waals surface area contributed by atoms with E-state index in [1.807, 2.05) is 74.5 Å². The Morgan fingerprint density at radius 2 is 1.81 bits per heavy atom. The fourth-order valence-corrected chi connectivity index (χ4v) is 5.76. The van der Waals surface area contributed by atoms with E-state index in [1.54, 1.807) is 10.6 Å². The number of fused-ring (bicyclic) bond motifs is 1. The highest BCUT2D eigenvalue weighted by Gasteiger charge is 2.27. The summed E-state index contributed by atoms with van der Waals surface area (Å²) < 4.78 is 7.52. The molecule has 36 heavy (non-hydrogen) atoms. The van der Waals surface area contributed by atoms with Crippen molar-refractivity contribution < 1.29 is 9.53 Å². The summed E-state index contributed by atoms with van der Waals surface area (Å²) in [7, 11) is 0. The molecule has 1 saturated heterocycles. The Bertz CT molecular complexity index is 1430. The molecule has 0 saturated carbocycles. The quantitative estimate of drug-likeness (QED) is 0.262. The molecule has 1 N–H and O–H groups in total. The third-order valence-corrected chi connectivity index (χ3v) is 7.53. The molecule has 1 aliphatic heterocycles. The summed E-state index contributed by atoms with van der Waals surface area (Å²) in [4.78, 5) is 32.1. The van der Waals surface area contributed by atoms with Gasteiger partial charge in [-0.25, -0.2) is 4.98 Å². The summed E-state index contributed by atoms with van der Waals surface area (Å²) >= 11 is 1.30. The van der Waals surface area contributed by atoms with Crippen LogP contribution < -0.4 is 10.9 Å². The average molecular weight is 500 g/mol. The standard InChI is InChI=1S/C29H29N3O3S/c1-19-15-20(2)17-22(16-19)30-27(33)26(21-9-4-3-5-10-21)36-29-31-25-13-7-6-12-24(25)28(34)32(29)18-23-11-8-14-35-23/h3-7,9-10,12-13,15-17,23,26H,8,11,14,18H2,1-2H3,(H,30,33). The number of hydrogen-bond donors (Lipinski definition) is 1. The summed E-state index contributed by atoms with van der Waals surface area (Å²) in [5.41, 5.74) is 4.26. The molecule has 6 nitrogen and oxygen atoms in total. The maximum Gasteiger partial charge on any atom is 0.262 e. The molecule has 7 heteroatoms. The van der Waals surface area contributed by atoms with Crippen LogP contribution in [0.15, 0.2) is 82.7 Å². The van der Waals surface area contributed by atoms with Crippen LogP contribution in [0.4, 0.5) is 5.69 Å². The van der Waals surface area contributed by atoms with Gasteiger partial charge < -0.3 is 10.1 Å². The van der Waals surface area contributed by atoms with Crippen molar-refractivity contribution >= 4 is 34.3 Å². The zero-order valence-corrected chi connectivity index (χ0v) is 21.3. The number of rotatable bonds is 7. The number of carbonyl (C=O) groups excluding carboxylic acids is 1. The van der Waals surface area contributed by atoms with Gasteiger partial charge in [-0.15, -0.1) is 0 Å². The zero-order valence-electron chi connectivity index (χ0n) is 20.4. The fraction of sp³-hybridized carbons (Fsp3) is 0.276. The summed E-state index contributed by atoms with van der Waals surface area (Å²) in [5, 5.41) is 3.56. The molecule has 0 radical (unpaired) electrons. The number of anilines is 1. The third kappa shape index (κ3) is 5.37. The number of amides is 1. The Morgan fingerprint density at radius 3 is 2.53 bits per heavy atom. The first-order valence-corrected chi connectivity index (χ1v) is 13.1. The van der Waals surface area contributed by atoms with E-state index in [0.717, 1.165) is 35.2 Å². The summed E-state index contributed by atoms with van der Waals surface area (Å²) in [6.45, 7) is 5.14. The first kappa shape index (κ1) is 24.3. The van der Waals surface area contributed by atoms with Crippen molar-refractivity contribution in [1.29, 1.82) is 0 Å². The molecular weight excluding hydrogens is 470 g/mol. The molecule has 184 valence electrons. The van der Waals surface area contributed by atoms with Crippen molar-refractivity contribution in [2.24, 2.45) is 0 Å². The van der Waals surface area contributed by atoms with E-state index in [-0.39, 0.29) is 17.6 Å². The Labute approximate surface area is 214 Å². The molecule has 2 heterocycles. The van der Waals surface area contributed by atoms with Crippen molar-refractivity contribution in [2.45, 2.75) is 49.7 Å². The van der Waals surface area contributed by atoms with E-state index in [1.165, 1.54) is 11.8 Å². The lowest BCUT2D eigenvalue weighted by atomic mass is 10.1. The number of aryl methyl sites for hydroxylation is 2. The molecule has 1 aromatic heterocycles. The van der Waals surface area contributed by atoms with Gasteiger partial charge in [0.1, 0.15) is 5.25 Å². The largest absolute Gasteiger partial charge is 0.376 e. The predicted octanol–water partition coefficient (Wildman–Crippen LogP) is 5.66. The number of nitrogens with zero attached hydrogens (tertiary/aromatic N) is 2. The van der Waals surface area contributed by atoms with Crippen LogP contribution in [0, 0.1) is 13.8 Å². The van der Waals surface area contributed by atoms with Gasteiger partial charge in [-0.05, 0) is 67.6 Å². The molecule has 2 unspecified atom stereocenters. The summed E-state index contributed by atoms with van der Waals surface area (Å²) in [6, 6.07) is 23.0. The second kappa shape index (κ2) is 10.7. The smallest absolute Gasteiger partial charge is 0.262 e. The molecule has 1 fully saturated rings. The first-order valence-electron chi connectivity index (χ1n) is 12.2. The van der Waals surface area contributed by atoms with Crippen LogP contribution >= 0.6 is 11.8 Å². The van der Waals surface area contributed by atoms with Gasteiger partial charge in [0.25, 0.3) is 5.56 Å². The number of nitrogens with one attached hydrogen (secondary N) is 1. The van der Waals surface area contributed by atoms with Crippen LogP contribution in [0.25, 0.3) is 10.9 Å². The van der Waals surface area contributed by atoms with Gasteiger partial charge in [0.2, 0.25) is 5.91 Å². The second-order valence-corrected chi connectivity index (χ2v) is 10.3. The van der Waals surface area contributed by atoms with Gasteiger partial charge in [-0.2, -0.15) is 0 Å². The molecular formula is C29H29N3O3S. The van der Waals surface area contributed by atoms with Gasteiger partial charge >= 0.3 is 0 Å². The summed E-state index contributed by atoms with van der Waals surface area (Å²) in [6.07, 6.45) is 1.84. The van der Waals surface area contributed by atoms with Crippen LogP contribution in [0.2, 0.25) is 0 Å². The number of para-hydroxylation sites is 1. The fourth-order valence-electron chi connectivity index (χ4n) is 4.65. The normalized spacial score (nSPS) is 16.2. The van der Waals surface area contributed by atoms with Crippen LogP contribution in [0.5, 0.6) is 0 Å². The van der Waals surface area contributed by atoms with Crippen molar-refractivity contribution in [1.82, 2.24) is 9.55 Å². The topological polar surface area (TPSA) is 73.2 Å². The minimum absolute atomic E-state index is 0.0377. The van der Waals surface area contributed by atoms with Gasteiger partial charge in [0, 0.05) is 12.3 Å². The van der Waals surface area contributed by atoms with Crippen LogP contribution in [0.1, 0.15) is 34.8 Å². The van der Waals surface area contributed by atoms with Gasteiger partial charge in [-0.1, -0.05) is 60.3 Å². The number of benzene rings is 3. The van der Waals surface area contributed by atoms with E-state index in [9.17, 15) is 9.59 Å². The number of aromatic nitrogens is 2. The third-order valence-electron chi connectivity index (χ3n) is 6.29. The molecule has 5 rings (SSSR count). The van der Waals surface area contributed by atoms with E-state index in [2.05, 4.69) is 11.4 Å². The Hall–Kier alpha value is -3.42.